The summed E-state index contributed by atoms with van der Waals surface area (Å²) in [6.07, 6.45) is 1.11. The van der Waals surface area contributed by atoms with Crippen LogP contribution in [0.25, 0.3) is 0 Å². The van der Waals surface area contributed by atoms with Crippen molar-refractivity contribution in [2.75, 3.05) is 32.4 Å². The lowest BCUT2D eigenvalue weighted by Gasteiger charge is -2.33. The van der Waals surface area contributed by atoms with Crippen LogP contribution in [-0.2, 0) is 10.0 Å². The van der Waals surface area contributed by atoms with Crippen LogP contribution >= 0.6 is 0 Å². The molecule has 0 unspecified atom stereocenters. The number of amides is 1. The average Bonchev–Trinajstić information content (AvgIpc) is 2.40. The van der Waals surface area contributed by atoms with Gasteiger partial charge in [0, 0.05) is 26.2 Å². The molecule has 0 aliphatic carbocycles. The summed E-state index contributed by atoms with van der Waals surface area (Å²) in [5.74, 6) is -1.40. The van der Waals surface area contributed by atoms with Gasteiger partial charge in [0.2, 0.25) is 10.0 Å². The zero-order valence-electron chi connectivity index (χ0n) is 10.9. The maximum absolute atomic E-state index is 13.1. The van der Waals surface area contributed by atoms with Crippen molar-refractivity contribution in [1.29, 1.82) is 0 Å². The first kappa shape index (κ1) is 14.7. The van der Waals surface area contributed by atoms with Crippen LogP contribution in [0, 0.1) is 5.82 Å². The number of rotatable bonds is 2. The Balaban J connectivity index is 2.11. The summed E-state index contributed by atoms with van der Waals surface area (Å²) in [6, 6.07) is 3.16. The van der Waals surface area contributed by atoms with E-state index >= 15 is 0 Å². The third kappa shape index (κ3) is 3.07. The number of piperazine rings is 1. The number of phenolic OH excluding ortho intramolecular Hbond substituents is 1. The van der Waals surface area contributed by atoms with Crippen molar-refractivity contribution >= 4 is 15.9 Å². The minimum absolute atomic E-state index is 0.113. The first-order valence-corrected chi connectivity index (χ1v) is 7.87. The van der Waals surface area contributed by atoms with Crippen molar-refractivity contribution in [3.05, 3.63) is 29.6 Å². The summed E-state index contributed by atoms with van der Waals surface area (Å²) in [6.45, 7) is 0.811. The number of carbonyl (C=O) groups is 1. The molecule has 2 rings (SSSR count). The summed E-state index contributed by atoms with van der Waals surface area (Å²) in [5.41, 5.74) is -0.113. The number of hydrogen-bond acceptors (Lipinski definition) is 4. The van der Waals surface area contributed by atoms with E-state index in [-0.39, 0.29) is 37.5 Å². The lowest BCUT2D eigenvalue weighted by Crippen LogP contribution is -2.50. The molecule has 1 aromatic carbocycles. The van der Waals surface area contributed by atoms with Crippen LogP contribution in [0.15, 0.2) is 18.2 Å². The highest BCUT2D eigenvalue weighted by molar-refractivity contribution is 7.88. The molecule has 1 saturated heterocycles. The van der Waals surface area contributed by atoms with Crippen LogP contribution in [0.4, 0.5) is 4.39 Å². The van der Waals surface area contributed by atoms with E-state index in [1.54, 1.807) is 0 Å². The summed E-state index contributed by atoms with van der Waals surface area (Å²) in [4.78, 5) is 13.6. The number of carbonyl (C=O) groups excluding carboxylic acids is 1. The highest BCUT2D eigenvalue weighted by atomic mass is 32.2. The van der Waals surface area contributed by atoms with E-state index < -0.39 is 21.7 Å². The van der Waals surface area contributed by atoms with Crippen molar-refractivity contribution in [3.8, 4) is 5.75 Å². The Morgan fingerprint density at radius 2 is 1.85 bits per heavy atom. The Morgan fingerprint density at radius 3 is 2.40 bits per heavy atom. The van der Waals surface area contributed by atoms with Gasteiger partial charge in [0.15, 0.2) is 0 Å². The van der Waals surface area contributed by atoms with Crippen LogP contribution in [0.2, 0.25) is 0 Å². The van der Waals surface area contributed by atoms with Gasteiger partial charge in [0.05, 0.1) is 11.8 Å². The molecule has 0 aromatic heterocycles. The molecule has 1 aliphatic rings. The predicted octanol–water partition coefficient (Wildman–Crippen LogP) is 0.249. The minimum Gasteiger partial charge on any atom is -0.507 e. The molecule has 20 heavy (non-hydrogen) atoms. The lowest BCUT2D eigenvalue weighted by molar-refractivity contribution is 0.0694. The highest BCUT2D eigenvalue weighted by Crippen LogP contribution is 2.20. The van der Waals surface area contributed by atoms with Crippen molar-refractivity contribution in [3.63, 3.8) is 0 Å². The van der Waals surface area contributed by atoms with Gasteiger partial charge in [-0.1, -0.05) is 0 Å². The van der Waals surface area contributed by atoms with Crippen molar-refractivity contribution in [2.45, 2.75) is 0 Å². The van der Waals surface area contributed by atoms with Crippen molar-refractivity contribution < 1.29 is 22.7 Å². The van der Waals surface area contributed by atoms with Gasteiger partial charge in [-0.25, -0.2) is 12.8 Å². The molecule has 0 bridgehead atoms. The van der Waals surface area contributed by atoms with Gasteiger partial charge in [0.1, 0.15) is 11.6 Å². The molecule has 1 amide bonds. The van der Waals surface area contributed by atoms with Gasteiger partial charge < -0.3 is 10.0 Å². The fourth-order valence-corrected chi connectivity index (χ4v) is 2.90. The Kier molecular flexibility index (Phi) is 3.96. The van der Waals surface area contributed by atoms with Gasteiger partial charge in [-0.2, -0.15) is 4.31 Å². The predicted molar refractivity (Wildman–Crippen MR) is 70.4 cm³/mol. The monoisotopic (exact) mass is 302 g/mol. The van der Waals surface area contributed by atoms with Gasteiger partial charge in [-0.05, 0) is 18.2 Å². The zero-order valence-corrected chi connectivity index (χ0v) is 11.7. The standard InChI is InChI=1S/C12H15FN2O4S/c1-20(18,19)15-6-4-14(5-7-15)12(17)10-8-9(13)2-3-11(10)16/h2-3,8,16H,4-7H2,1H3. The van der Waals surface area contributed by atoms with Crippen molar-refractivity contribution in [1.82, 2.24) is 9.21 Å². The van der Waals surface area contributed by atoms with E-state index in [0.29, 0.717) is 0 Å². The summed E-state index contributed by atoms with van der Waals surface area (Å²) >= 11 is 0. The molecule has 0 radical (unpaired) electrons. The van der Waals surface area contributed by atoms with Crippen LogP contribution in [0.1, 0.15) is 10.4 Å². The molecular weight excluding hydrogens is 287 g/mol. The second kappa shape index (κ2) is 5.37. The maximum atomic E-state index is 13.1. The first-order chi connectivity index (χ1) is 9.29. The second-order valence-corrected chi connectivity index (χ2v) is 6.60. The third-order valence-corrected chi connectivity index (χ3v) is 4.49. The molecule has 0 atom stereocenters. The fraction of sp³-hybridized carbons (Fsp3) is 0.417. The molecule has 1 aromatic rings. The van der Waals surface area contributed by atoms with E-state index in [1.165, 1.54) is 9.21 Å². The van der Waals surface area contributed by atoms with Crippen LogP contribution in [-0.4, -0.2) is 61.1 Å². The Bertz CT molecular complexity index is 624. The maximum Gasteiger partial charge on any atom is 0.257 e. The first-order valence-electron chi connectivity index (χ1n) is 6.02. The number of benzene rings is 1. The second-order valence-electron chi connectivity index (χ2n) is 4.62. The van der Waals surface area contributed by atoms with Gasteiger partial charge in [-0.3, -0.25) is 4.79 Å². The third-order valence-electron chi connectivity index (χ3n) is 3.18. The van der Waals surface area contributed by atoms with Gasteiger partial charge >= 0.3 is 0 Å². The average molecular weight is 302 g/mol. The SMILES string of the molecule is CS(=O)(=O)N1CCN(C(=O)c2cc(F)ccc2O)CC1. The summed E-state index contributed by atoms with van der Waals surface area (Å²) in [7, 11) is -3.27. The molecule has 1 N–H and O–H groups in total. The van der Waals surface area contributed by atoms with Crippen LogP contribution in [0.3, 0.4) is 0 Å². The summed E-state index contributed by atoms with van der Waals surface area (Å²) in [5, 5.41) is 9.60. The van der Waals surface area contributed by atoms with Crippen molar-refractivity contribution in [2.24, 2.45) is 0 Å². The van der Waals surface area contributed by atoms with Crippen LogP contribution < -0.4 is 0 Å². The molecule has 0 saturated carbocycles. The van der Waals surface area contributed by atoms with E-state index in [0.717, 1.165) is 24.5 Å². The molecule has 6 nitrogen and oxygen atoms in total. The number of sulfonamides is 1. The summed E-state index contributed by atoms with van der Waals surface area (Å²) < 4.78 is 37.1. The smallest absolute Gasteiger partial charge is 0.257 e. The lowest BCUT2D eigenvalue weighted by atomic mass is 10.1. The van der Waals surface area contributed by atoms with E-state index in [4.69, 9.17) is 0 Å². The fourth-order valence-electron chi connectivity index (χ4n) is 2.07. The number of halogens is 1. The number of nitrogens with zero attached hydrogens (tertiary/aromatic N) is 2. The molecule has 1 aliphatic heterocycles. The Labute approximate surface area is 116 Å². The van der Waals surface area contributed by atoms with Gasteiger partial charge in [0.25, 0.3) is 5.91 Å². The number of hydrogen-bond donors (Lipinski definition) is 1. The van der Waals surface area contributed by atoms with E-state index in [9.17, 15) is 22.7 Å². The van der Waals surface area contributed by atoms with E-state index in [1.807, 2.05) is 0 Å². The number of phenols is 1. The van der Waals surface area contributed by atoms with Crippen LogP contribution in [0.5, 0.6) is 5.75 Å². The van der Waals surface area contributed by atoms with E-state index in [2.05, 4.69) is 0 Å². The highest BCUT2D eigenvalue weighted by Gasteiger charge is 2.27. The molecule has 8 heteroatoms. The van der Waals surface area contributed by atoms with Gasteiger partial charge in [-0.15, -0.1) is 0 Å². The normalized spacial score (nSPS) is 17.2. The Morgan fingerprint density at radius 1 is 1.25 bits per heavy atom. The molecule has 1 heterocycles. The number of aromatic hydroxyl groups is 1. The minimum atomic E-state index is -3.27. The zero-order chi connectivity index (χ0) is 14.9. The topological polar surface area (TPSA) is 77.9 Å². The molecule has 110 valence electrons. The molecule has 0 spiro atoms. The quantitative estimate of drug-likeness (QED) is 0.849. The largest absolute Gasteiger partial charge is 0.507 e. The molecule has 1 fully saturated rings. The molecular formula is C12H15FN2O4S. The Hall–Kier alpha value is -1.67.